The van der Waals surface area contributed by atoms with Crippen LogP contribution in [0.1, 0.15) is 58.5 Å². The summed E-state index contributed by atoms with van der Waals surface area (Å²) in [6.07, 6.45) is 2.28. The smallest absolute Gasteiger partial charge is 0.0669 e. The van der Waals surface area contributed by atoms with Gasteiger partial charge in [-0.2, -0.15) is 5.10 Å². The van der Waals surface area contributed by atoms with Crippen molar-refractivity contribution in [2.24, 2.45) is 0 Å². The largest absolute Gasteiger partial charge is 0.377 e. The average Bonchev–Trinajstić information content (AvgIpc) is 2.72. The third-order valence-electron chi connectivity index (χ3n) is 3.36. The van der Waals surface area contributed by atoms with Gasteiger partial charge in [-0.15, -0.1) is 0 Å². The highest BCUT2D eigenvalue weighted by molar-refractivity contribution is 5.26. The van der Waals surface area contributed by atoms with Crippen LogP contribution in [0.3, 0.4) is 0 Å². The number of rotatable bonds is 9. The first kappa shape index (κ1) is 17.2. The Morgan fingerprint density at radius 2 is 1.85 bits per heavy atom. The molecule has 1 heterocycles. The van der Waals surface area contributed by atoms with Crippen molar-refractivity contribution in [3.8, 4) is 0 Å². The molecule has 0 atom stereocenters. The summed E-state index contributed by atoms with van der Waals surface area (Å²) in [5.41, 5.74) is 3.95. The third kappa shape index (κ3) is 4.91. The van der Waals surface area contributed by atoms with Crippen molar-refractivity contribution in [3.63, 3.8) is 0 Å². The highest BCUT2D eigenvalue weighted by atomic mass is 16.5. The molecule has 0 radical (unpaired) electrons. The highest BCUT2D eigenvalue weighted by Gasteiger charge is 2.15. The predicted molar refractivity (Wildman–Crippen MR) is 84.0 cm³/mol. The SMILES string of the molecule is CCc1nn(CCOC(C)C)c(CC)c1CNC(C)C. The monoisotopic (exact) mass is 281 g/mol. The maximum atomic E-state index is 5.65. The maximum absolute atomic E-state index is 5.65. The molecule has 1 N–H and O–H groups in total. The number of ether oxygens (including phenoxy) is 1. The molecule has 4 nitrogen and oxygen atoms in total. The molecule has 0 fully saturated rings. The molecule has 0 saturated carbocycles. The van der Waals surface area contributed by atoms with E-state index in [0.717, 1.165) is 32.5 Å². The minimum atomic E-state index is 0.281. The molecule has 1 aromatic rings. The molecule has 0 bridgehead atoms. The van der Waals surface area contributed by atoms with E-state index in [1.54, 1.807) is 0 Å². The minimum absolute atomic E-state index is 0.281. The van der Waals surface area contributed by atoms with Crippen LogP contribution in [0, 0.1) is 0 Å². The maximum Gasteiger partial charge on any atom is 0.0669 e. The molecular weight excluding hydrogens is 250 g/mol. The molecule has 0 spiro atoms. The zero-order valence-corrected chi connectivity index (χ0v) is 14.0. The Morgan fingerprint density at radius 1 is 1.15 bits per heavy atom. The quantitative estimate of drug-likeness (QED) is 0.756. The fourth-order valence-electron chi connectivity index (χ4n) is 2.34. The van der Waals surface area contributed by atoms with Crippen LogP contribution in [0.15, 0.2) is 0 Å². The molecule has 0 aliphatic rings. The third-order valence-corrected chi connectivity index (χ3v) is 3.36. The van der Waals surface area contributed by atoms with Gasteiger partial charge in [0.05, 0.1) is 24.9 Å². The van der Waals surface area contributed by atoms with Gasteiger partial charge in [0.25, 0.3) is 0 Å². The van der Waals surface area contributed by atoms with Crippen LogP contribution in [0.4, 0.5) is 0 Å². The van der Waals surface area contributed by atoms with Gasteiger partial charge in [-0.1, -0.05) is 27.7 Å². The molecule has 0 unspecified atom stereocenters. The second kappa shape index (κ2) is 8.42. The van der Waals surface area contributed by atoms with Gasteiger partial charge in [-0.3, -0.25) is 4.68 Å². The Hall–Kier alpha value is -0.870. The zero-order chi connectivity index (χ0) is 15.1. The minimum Gasteiger partial charge on any atom is -0.377 e. The summed E-state index contributed by atoms with van der Waals surface area (Å²) in [4.78, 5) is 0. The van der Waals surface area contributed by atoms with E-state index in [2.05, 4.69) is 51.5 Å². The molecule has 20 heavy (non-hydrogen) atoms. The van der Waals surface area contributed by atoms with Crippen molar-refractivity contribution in [1.29, 1.82) is 0 Å². The summed E-state index contributed by atoms with van der Waals surface area (Å²) in [6.45, 7) is 15.4. The van der Waals surface area contributed by atoms with Crippen molar-refractivity contribution in [2.75, 3.05) is 6.61 Å². The predicted octanol–water partition coefficient (Wildman–Crippen LogP) is 2.93. The van der Waals surface area contributed by atoms with E-state index in [-0.39, 0.29) is 6.10 Å². The Morgan fingerprint density at radius 3 is 2.35 bits per heavy atom. The summed E-state index contributed by atoms with van der Waals surface area (Å²) < 4.78 is 7.79. The van der Waals surface area contributed by atoms with E-state index in [9.17, 15) is 0 Å². The summed E-state index contributed by atoms with van der Waals surface area (Å²) >= 11 is 0. The van der Waals surface area contributed by atoms with Crippen LogP contribution >= 0.6 is 0 Å². The van der Waals surface area contributed by atoms with Crippen molar-refractivity contribution in [1.82, 2.24) is 15.1 Å². The lowest BCUT2D eigenvalue weighted by Crippen LogP contribution is -2.23. The second-order valence-electron chi connectivity index (χ2n) is 5.76. The van der Waals surface area contributed by atoms with Gasteiger partial charge < -0.3 is 10.1 Å². The van der Waals surface area contributed by atoms with E-state index in [1.807, 2.05) is 0 Å². The van der Waals surface area contributed by atoms with Gasteiger partial charge in [0.2, 0.25) is 0 Å². The van der Waals surface area contributed by atoms with Crippen LogP contribution in [-0.4, -0.2) is 28.5 Å². The van der Waals surface area contributed by atoms with Crippen LogP contribution in [0.2, 0.25) is 0 Å². The van der Waals surface area contributed by atoms with Gasteiger partial charge in [0.1, 0.15) is 0 Å². The molecule has 1 rings (SSSR count). The van der Waals surface area contributed by atoms with Crippen molar-refractivity contribution < 1.29 is 4.74 Å². The molecular formula is C16H31N3O. The van der Waals surface area contributed by atoms with Gasteiger partial charge in [0.15, 0.2) is 0 Å². The molecule has 0 aromatic carbocycles. The summed E-state index contributed by atoms with van der Waals surface area (Å²) in [7, 11) is 0. The first-order valence-electron chi connectivity index (χ1n) is 7.91. The van der Waals surface area contributed by atoms with Crippen molar-refractivity contribution >= 4 is 0 Å². The van der Waals surface area contributed by atoms with Gasteiger partial charge in [-0.05, 0) is 26.7 Å². The molecule has 1 aromatic heterocycles. The number of aryl methyl sites for hydroxylation is 1. The summed E-state index contributed by atoms with van der Waals surface area (Å²) in [6, 6.07) is 0.497. The molecule has 0 saturated heterocycles. The Labute approximate surface area is 123 Å². The number of nitrogens with one attached hydrogen (secondary N) is 1. The lowest BCUT2D eigenvalue weighted by atomic mass is 10.1. The fourth-order valence-corrected chi connectivity index (χ4v) is 2.34. The van der Waals surface area contributed by atoms with Gasteiger partial charge in [0, 0.05) is 23.8 Å². The number of nitrogens with zero attached hydrogens (tertiary/aromatic N) is 2. The Balaban J connectivity index is 2.83. The number of hydrogen-bond donors (Lipinski definition) is 1. The van der Waals surface area contributed by atoms with Crippen molar-refractivity contribution in [3.05, 3.63) is 17.0 Å². The average molecular weight is 281 g/mol. The van der Waals surface area contributed by atoms with Crippen molar-refractivity contribution in [2.45, 2.75) is 79.6 Å². The molecule has 4 heteroatoms. The molecule has 0 amide bonds. The number of aromatic nitrogens is 2. The molecule has 0 aliphatic carbocycles. The molecule has 116 valence electrons. The van der Waals surface area contributed by atoms with E-state index in [1.165, 1.54) is 17.0 Å². The fraction of sp³-hybridized carbons (Fsp3) is 0.812. The Bertz CT molecular complexity index is 397. The van der Waals surface area contributed by atoms with E-state index in [0.29, 0.717) is 6.04 Å². The first-order valence-corrected chi connectivity index (χ1v) is 7.91. The summed E-state index contributed by atoms with van der Waals surface area (Å²) in [5.74, 6) is 0. The van der Waals surface area contributed by atoms with Gasteiger partial charge in [-0.25, -0.2) is 0 Å². The van der Waals surface area contributed by atoms with Gasteiger partial charge >= 0.3 is 0 Å². The Kier molecular flexibility index (Phi) is 7.24. The van der Waals surface area contributed by atoms with Crippen LogP contribution in [0.25, 0.3) is 0 Å². The first-order chi connectivity index (χ1) is 9.49. The zero-order valence-electron chi connectivity index (χ0n) is 14.0. The molecule has 0 aliphatic heterocycles. The topological polar surface area (TPSA) is 39.1 Å². The lowest BCUT2D eigenvalue weighted by Gasteiger charge is -2.12. The summed E-state index contributed by atoms with van der Waals surface area (Å²) in [5, 5.41) is 8.29. The second-order valence-corrected chi connectivity index (χ2v) is 5.76. The standard InChI is InChI=1S/C16H31N3O/c1-7-15-14(11-17-12(3)4)16(8-2)19(18-15)9-10-20-13(5)6/h12-13,17H,7-11H2,1-6H3. The van der Waals surface area contributed by atoms with Crippen LogP contribution in [-0.2, 0) is 30.7 Å². The normalized spacial score (nSPS) is 11.8. The van der Waals surface area contributed by atoms with E-state index >= 15 is 0 Å². The highest BCUT2D eigenvalue weighted by Crippen LogP contribution is 2.16. The van der Waals surface area contributed by atoms with E-state index in [4.69, 9.17) is 9.84 Å². The van der Waals surface area contributed by atoms with Crippen LogP contribution < -0.4 is 5.32 Å². The van der Waals surface area contributed by atoms with E-state index < -0.39 is 0 Å². The van der Waals surface area contributed by atoms with Crippen LogP contribution in [0.5, 0.6) is 0 Å². The number of hydrogen-bond acceptors (Lipinski definition) is 3. The lowest BCUT2D eigenvalue weighted by molar-refractivity contribution is 0.0705.